The van der Waals surface area contributed by atoms with Crippen molar-refractivity contribution >= 4 is 0 Å². The first kappa shape index (κ1) is 12.9. The SMILES string of the molecule is Oc1ccc2c(c1)C(NCC1CCCCO1)CCC2. The van der Waals surface area contributed by atoms with Crippen molar-refractivity contribution in [1.29, 1.82) is 0 Å². The zero-order valence-electron chi connectivity index (χ0n) is 11.4. The van der Waals surface area contributed by atoms with Gasteiger partial charge in [-0.1, -0.05) is 6.07 Å². The minimum atomic E-state index is 0.372. The second-order valence-electron chi connectivity index (χ2n) is 5.72. The molecule has 3 nitrogen and oxygen atoms in total. The maximum atomic E-state index is 9.67. The van der Waals surface area contributed by atoms with E-state index in [2.05, 4.69) is 11.4 Å². The third kappa shape index (κ3) is 3.10. The maximum Gasteiger partial charge on any atom is 0.115 e. The van der Waals surface area contributed by atoms with Crippen LogP contribution in [0.5, 0.6) is 5.75 Å². The Morgan fingerprint density at radius 2 is 2.16 bits per heavy atom. The summed E-state index contributed by atoms with van der Waals surface area (Å²) in [6.07, 6.45) is 7.55. The van der Waals surface area contributed by atoms with Gasteiger partial charge in [0.25, 0.3) is 0 Å². The number of aryl methyl sites for hydroxylation is 1. The van der Waals surface area contributed by atoms with Crippen molar-refractivity contribution in [2.45, 2.75) is 50.7 Å². The largest absolute Gasteiger partial charge is 0.508 e. The number of phenols is 1. The lowest BCUT2D eigenvalue weighted by Crippen LogP contribution is -2.35. The Kier molecular flexibility index (Phi) is 4.04. The molecule has 104 valence electrons. The normalized spacial score (nSPS) is 26.9. The van der Waals surface area contributed by atoms with Gasteiger partial charge in [-0.25, -0.2) is 0 Å². The topological polar surface area (TPSA) is 41.5 Å². The summed E-state index contributed by atoms with van der Waals surface area (Å²) >= 11 is 0. The van der Waals surface area contributed by atoms with E-state index < -0.39 is 0 Å². The van der Waals surface area contributed by atoms with Gasteiger partial charge in [-0.15, -0.1) is 0 Å². The van der Waals surface area contributed by atoms with Crippen molar-refractivity contribution in [2.75, 3.05) is 13.2 Å². The van der Waals surface area contributed by atoms with Crippen molar-refractivity contribution in [3.05, 3.63) is 29.3 Å². The first-order valence-corrected chi connectivity index (χ1v) is 7.50. The van der Waals surface area contributed by atoms with Crippen LogP contribution in [0.4, 0.5) is 0 Å². The van der Waals surface area contributed by atoms with Gasteiger partial charge in [-0.05, 0) is 61.8 Å². The monoisotopic (exact) mass is 261 g/mol. The van der Waals surface area contributed by atoms with Gasteiger partial charge in [0, 0.05) is 19.2 Å². The fourth-order valence-corrected chi connectivity index (χ4v) is 3.24. The van der Waals surface area contributed by atoms with Crippen LogP contribution < -0.4 is 5.32 Å². The average molecular weight is 261 g/mol. The number of benzene rings is 1. The van der Waals surface area contributed by atoms with Gasteiger partial charge < -0.3 is 15.2 Å². The lowest BCUT2D eigenvalue weighted by atomic mass is 9.87. The molecule has 0 aromatic heterocycles. The number of aromatic hydroxyl groups is 1. The van der Waals surface area contributed by atoms with E-state index in [0.717, 1.165) is 26.0 Å². The highest BCUT2D eigenvalue weighted by molar-refractivity contribution is 5.38. The van der Waals surface area contributed by atoms with Crippen LogP contribution in [0.2, 0.25) is 0 Å². The Hall–Kier alpha value is -1.06. The fraction of sp³-hybridized carbons (Fsp3) is 0.625. The van der Waals surface area contributed by atoms with Crippen molar-refractivity contribution in [3.63, 3.8) is 0 Å². The Morgan fingerprint density at radius 3 is 3.00 bits per heavy atom. The van der Waals surface area contributed by atoms with Gasteiger partial charge in [0.05, 0.1) is 6.10 Å². The van der Waals surface area contributed by atoms with E-state index in [1.54, 1.807) is 6.07 Å². The van der Waals surface area contributed by atoms with Crippen LogP contribution in [-0.4, -0.2) is 24.4 Å². The summed E-state index contributed by atoms with van der Waals surface area (Å²) in [5.74, 6) is 0.376. The highest BCUT2D eigenvalue weighted by Crippen LogP contribution is 2.32. The highest BCUT2D eigenvalue weighted by Gasteiger charge is 2.22. The lowest BCUT2D eigenvalue weighted by molar-refractivity contribution is 0.0150. The molecule has 2 unspecified atom stereocenters. The van der Waals surface area contributed by atoms with Gasteiger partial charge in [0.15, 0.2) is 0 Å². The molecule has 1 aliphatic heterocycles. The summed E-state index contributed by atoms with van der Waals surface area (Å²) in [5, 5.41) is 13.3. The van der Waals surface area contributed by atoms with E-state index in [-0.39, 0.29) is 0 Å². The second kappa shape index (κ2) is 5.93. The van der Waals surface area contributed by atoms with E-state index in [1.807, 2.05) is 6.07 Å². The van der Waals surface area contributed by atoms with Crippen LogP contribution in [0.25, 0.3) is 0 Å². The molecule has 1 fully saturated rings. The number of hydrogen-bond donors (Lipinski definition) is 2. The molecular formula is C16H23NO2. The number of ether oxygens (including phenoxy) is 1. The number of nitrogens with one attached hydrogen (secondary N) is 1. The van der Waals surface area contributed by atoms with E-state index >= 15 is 0 Å². The molecule has 1 aliphatic carbocycles. The van der Waals surface area contributed by atoms with E-state index in [9.17, 15) is 5.11 Å². The third-order valence-electron chi connectivity index (χ3n) is 4.31. The highest BCUT2D eigenvalue weighted by atomic mass is 16.5. The Balaban J connectivity index is 1.64. The molecule has 1 aromatic rings. The summed E-state index contributed by atoms with van der Waals surface area (Å²) in [4.78, 5) is 0. The van der Waals surface area contributed by atoms with E-state index in [0.29, 0.717) is 17.9 Å². The predicted octanol–water partition coefficient (Wildman–Crippen LogP) is 2.93. The van der Waals surface area contributed by atoms with Crippen LogP contribution >= 0.6 is 0 Å². The van der Waals surface area contributed by atoms with Crippen molar-refractivity contribution in [3.8, 4) is 5.75 Å². The molecule has 1 saturated heterocycles. The molecule has 0 saturated carbocycles. The molecule has 2 N–H and O–H groups in total. The van der Waals surface area contributed by atoms with Crippen molar-refractivity contribution < 1.29 is 9.84 Å². The molecule has 3 rings (SSSR count). The van der Waals surface area contributed by atoms with Crippen LogP contribution in [0.1, 0.15) is 49.3 Å². The van der Waals surface area contributed by atoms with Crippen molar-refractivity contribution in [2.24, 2.45) is 0 Å². The summed E-state index contributed by atoms with van der Waals surface area (Å²) in [6, 6.07) is 6.16. The molecule has 1 heterocycles. The van der Waals surface area contributed by atoms with Gasteiger partial charge in [-0.3, -0.25) is 0 Å². The van der Waals surface area contributed by atoms with Gasteiger partial charge in [-0.2, -0.15) is 0 Å². The smallest absolute Gasteiger partial charge is 0.115 e. The van der Waals surface area contributed by atoms with Gasteiger partial charge in [0.1, 0.15) is 5.75 Å². The minimum Gasteiger partial charge on any atom is -0.508 e. The van der Waals surface area contributed by atoms with Crippen LogP contribution in [0.15, 0.2) is 18.2 Å². The molecule has 0 radical (unpaired) electrons. The Morgan fingerprint density at radius 1 is 1.21 bits per heavy atom. The third-order valence-corrected chi connectivity index (χ3v) is 4.31. The van der Waals surface area contributed by atoms with Crippen LogP contribution in [0.3, 0.4) is 0 Å². The molecule has 1 aromatic carbocycles. The number of fused-ring (bicyclic) bond motifs is 1. The first-order valence-electron chi connectivity index (χ1n) is 7.50. The molecule has 0 bridgehead atoms. The van der Waals surface area contributed by atoms with E-state index in [4.69, 9.17) is 4.74 Å². The zero-order chi connectivity index (χ0) is 13.1. The molecule has 0 amide bonds. The lowest BCUT2D eigenvalue weighted by Gasteiger charge is -2.30. The summed E-state index contributed by atoms with van der Waals surface area (Å²) < 4.78 is 5.77. The van der Waals surface area contributed by atoms with Crippen molar-refractivity contribution in [1.82, 2.24) is 5.32 Å². The first-order chi connectivity index (χ1) is 9.33. The quantitative estimate of drug-likeness (QED) is 0.879. The van der Waals surface area contributed by atoms with Gasteiger partial charge >= 0.3 is 0 Å². The van der Waals surface area contributed by atoms with E-state index in [1.165, 1.54) is 36.8 Å². The molecule has 2 aliphatic rings. The molecule has 0 spiro atoms. The Labute approximate surface area is 115 Å². The number of rotatable bonds is 3. The van der Waals surface area contributed by atoms with Gasteiger partial charge in [0.2, 0.25) is 0 Å². The summed E-state index contributed by atoms with van der Waals surface area (Å²) in [5.41, 5.74) is 2.66. The zero-order valence-corrected chi connectivity index (χ0v) is 11.4. The second-order valence-corrected chi connectivity index (χ2v) is 5.72. The summed E-state index contributed by atoms with van der Waals surface area (Å²) in [7, 11) is 0. The number of phenolic OH excluding ortho intramolecular Hbond substituents is 1. The molecular weight excluding hydrogens is 238 g/mol. The van der Waals surface area contributed by atoms with Crippen LogP contribution in [-0.2, 0) is 11.2 Å². The fourth-order valence-electron chi connectivity index (χ4n) is 3.24. The Bertz CT molecular complexity index is 427. The minimum absolute atomic E-state index is 0.372. The molecule has 2 atom stereocenters. The summed E-state index contributed by atoms with van der Waals surface area (Å²) in [6.45, 7) is 1.84. The molecule has 3 heteroatoms. The van der Waals surface area contributed by atoms with Crippen LogP contribution in [0, 0.1) is 0 Å². The predicted molar refractivity (Wildman–Crippen MR) is 75.4 cm³/mol. The number of hydrogen-bond acceptors (Lipinski definition) is 3. The maximum absolute atomic E-state index is 9.67. The molecule has 19 heavy (non-hydrogen) atoms. The average Bonchev–Trinajstić information content (AvgIpc) is 2.46. The standard InChI is InChI=1S/C16H23NO2/c18-13-8-7-12-4-3-6-16(15(12)10-13)17-11-14-5-1-2-9-19-14/h7-8,10,14,16-18H,1-6,9,11H2.